The van der Waals surface area contributed by atoms with Gasteiger partial charge in [0.2, 0.25) is 0 Å². The van der Waals surface area contributed by atoms with Crippen molar-refractivity contribution in [2.75, 3.05) is 6.61 Å². The molecule has 0 radical (unpaired) electrons. The maximum absolute atomic E-state index is 11.1. The average Bonchev–Trinajstić information content (AvgIpc) is 2.21. The van der Waals surface area contributed by atoms with Crippen molar-refractivity contribution in [1.29, 1.82) is 5.26 Å². The van der Waals surface area contributed by atoms with E-state index in [1.54, 1.807) is 18.2 Å². The molecule has 15 heavy (non-hydrogen) atoms. The van der Waals surface area contributed by atoms with Crippen LogP contribution in [0.5, 0.6) is 5.75 Å². The number of hydrogen-bond donors (Lipinski definition) is 0. The lowest BCUT2D eigenvalue weighted by molar-refractivity contribution is 0.101. The Labute approximate surface area is 89.3 Å². The van der Waals surface area contributed by atoms with E-state index in [-0.39, 0.29) is 12.2 Å². The Balaban J connectivity index is 3.09. The minimum absolute atomic E-state index is 0.00256. The lowest BCUT2D eigenvalue weighted by atomic mass is 10.1. The first-order valence-corrected chi connectivity index (χ1v) is 4.82. The van der Waals surface area contributed by atoms with E-state index in [4.69, 9.17) is 10.00 Å². The molecule has 1 aromatic rings. The number of hydrogen-bond acceptors (Lipinski definition) is 3. The molecule has 0 amide bonds. The lowest BCUT2D eigenvalue weighted by Crippen LogP contribution is -1.99. The van der Waals surface area contributed by atoms with Gasteiger partial charge in [0.1, 0.15) is 5.75 Å². The number of Topliss-reactive ketones (excluding diaryl/α,β-unsaturated/α-hetero) is 1. The summed E-state index contributed by atoms with van der Waals surface area (Å²) in [5.74, 6) is 0.682. The van der Waals surface area contributed by atoms with Gasteiger partial charge in [-0.3, -0.25) is 4.79 Å². The van der Waals surface area contributed by atoms with Gasteiger partial charge in [-0.05, 0) is 32.0 Å². The number of ketones is 1. The second-order valence-electron chi connectivity index (χ2n) is 3.15. The van der Waals surface area contributed by atoms with E-state index in [0.29, 0.717) is 17.9 Å². The summed E-state index contributed by atoms with van der Waals surface area (Å²) in [5, 5.41) is 8.65. The molecule has 0 fully saturated rings. The molecular formula is C12H13NO2. The number of rotatable bonds is 4. The molecule has 0 aliphatic heterocycles. The summed E-state index contributed by atoms with van der Waals surface area (Å²) in [7, 11) is 0. The molecule has 78 valence electrons. The number of nitrogens with zero attached hydrogens (tertiary/aromatic N) is 1. The average molecular weight is 203 g/mol. The largest absolute Gasteiger partial charge is 0.494 e. The Hall–Kier alpha value is -1.82. The zero-order valence-electron chi connectivity index (χ0n) is 8.91. The molecule has 0 saturated heterocycles. The molecule has 0 aliphatic carbocycles. The van der Waals surface area contributed by atoms with Crippen molar-refractivity contribution in [2.24, 2.45) is 0 Å². The van der Waals surface area contributed by atoms with Gasteiger partial charge in [-0.25, -0.2) is 0 Å². The highest BCUT2D eigenvalue weighted by atomic mass is 16.5. The minimum atomic E-state index is -0.00256. The van der Waals surface area contributed by atoms with Gasteiger partial charge in [-0.2, -0.15) is 5.26 Å². The second kappa shape index (κ2) is 5.16. The molecule has 0 atom stereocenters. The fourth-order valence-electron chi connectivity index (χ4n) is 1.32. The molecular weight excluding hydrogens is 190 g/mol. The normalized spacial score (nSPS) is 9.40. The first-order valence-electron chi connectivity index (χ1n) is 4.82. The summed E-state index contributed by atoms with van der Waals surface area (Å²) in [4.78, 5) is 11.1. The first kappa shape index (κ1) is 11.3. The molecule has 3 heteroatoms. The molecule has 0 spiro atoms. The van der Waals surface area contributed by atoms with Crippen molar-refractivity contribution < 1.29 is 9.53 Å². The van der Waals surface area contributed by atoms with Gasteiger partial charge >= 0.3 is 0 Å². The Bertz CT molecular complexity index is 405. The molecule has 0 N–H and O–H groups in total. The zero-order valence-corrected chi connectivity index (χ0v) is 8.91. The second-order valence-corrected chi connectivity index (χ2v) is 3.15. The van der Waals surface area contributed by atoms with Crippen LogP contribution in [0.15, 0.2) is 18.2 Å². The van der Waals surface area contributed by atoms with Crippen LogP contribution in [0.3, 0.4) is 0 Å². The Morgan fingerprint density at radius 2 is 2.27 bits per heavy atom. The van der Waals surface area contributed by atoms with Crippen molar-refractivity contribution in [3.63, 3.8) is 0 Å². The number of carbonyl (C=O) groups is 1. The van der Waals surface area contributed by atoms with E-state index in [0.717, 1.165) is 5.56 Å². The first-order chi connectivity index (χ1) is 7.19. The molecule has 1 rings (SSSR count). The van der Waals surface area contributed by atoms with E-state index in [1.807, 2.05) is 6.92 Å². The molecule has 0 unspecified atom stereocenters. The van der Waals surface area contributed by atoms with Crippen LogP contribution in [-0.4, -0.2) is 12.4 Å². The third kappa shape index (κ3) is 2.81. The number of carbonyl (C=O) groups excluding carboxylic acids is 1. The number of benzene rings is 1. The van der Waals surface area contributed by atoms with Crippen LogP contribution >= 0.6 is 0 Å². The SMILES string of the molecule is CCOc1ccc(C(C)=O)cc1CC#N. The summed E-state index contributed by atoms with van der Waals surface area (Å²) in [6, 6.07) is 7.24. The van der Waals surface area contributed by atoms with Crippen molar-refractivity contribution in [3.8, 4) is 11.8 Å². The predicted molar refractivity (Wildman–Crippen MR) is 56.9 cm³/mol. The molecule has 0 saturated carbocycles. The van der Waals surface area contributed by atoms with Crippen molar-refractivity contribution in [1.82, 2.24) is 0 Å². The van der Waals surface area contributed by atoms with Crippen LogP contribution in [0.25, 0.3) is 0 Å². The maximum atomic E-state index is 11.1. The highest BCUT2D eigenvalue weighted by Crippen LogP contribution is 2.21. The number of ether oxygens (including phenoxy) is 1. The standard InChI is InChI=1S/C12H13NO2/c1-3-15-12-5-4-10(9(2)14)8-11(12)6-7-13/h4-5,8H,3,6H2,1-2H3. The minimum Gasteiger partial charge on any atom is -0.494 e. The molecule has 0 aromatic heterocycles. The molecule has 3 nitrogen and oxygen atoms in total. The van der Waals surface area contributed by atoms with Gasteiger partial charge in [0.05, 0.1) is 19.1 Å². The van der Waals surface area contributed by atoms with Gasteiger partial charge in [0, 0.05) is 11.1 Å². The van der Waals surface area contributed by atoms with Gasteiger partial charge < -0.3 is 4.74 Å². The van der Waals surface area contributed by atoms with Gasteiger partial charge in [0.15, 0.2) is 5.78 Å². The highest BCUT2D eigenvalue weighted by molar-refractivity contribution is 5.94. The molecule has 0 aliphatic rings. The number of nitriles is 1. The Morgan fingerprint density at radius 3 is 2.80 bits per heavy atom. The van der Waals surface area contributed by atoms with Crippen LogP contribution < -0.4 is 4.74 Å². The fourth-order valence-corrected chi connectivity index (χ4v) is 1.32. The van der Waals surface area contributed by atoms with Crippen LogP contribution in [0.2, 0.25) is 0 Å². The predicted octanol–water partition coefficient (Wildman–Crippen LogP) is 2.35. The smallest absolute Gasteiger partial charge is 0.159 e. The van der Waals surface area contributed by atoms with E-state index in [9.17, 15) is 4.79 Å². The van der Waals surface area contributed by atoms with Crippen molar-refractivity contribution >= 4 is 5.78 Å². The third-order valence-corrected chi connectivity index (χ3v) is 2.04. The Morgan fingerprint density at radius 1 is 1.53 bits per heavy atom. The molecule has 0 heterocycles. The zero-order chi connectivity index (χ0) is 11.3. The van der Waals surface area contributed by atoms with Crippen LogP contribution in [0.4, 0.5) is 0 Å². The van der Waals surface area contributed by atoms with Gasteiger partial charge in [0.25, 0.3) is 0 Å². The van der Waals surface area contributed by atoms with Crippen molar-refractivity contribution in [2.45, 2.75) is 20.3 Å². The van der Waals surface area contributed by atoms with Gasteiger partial charge in [-0.15, -0.1) is 0 Å². The van der Waals surface area contributed by atoms with Gasteiger partial charge in [-0.1, -0.05) is 0 Å². The fraction of sp³-hybridized carbons (Fsp3) is 0.333. The summed E-state index contributed by atoms with van der Waals surface area (Å²) < 4.78 is 5.36. The van der Waals surface area contributed by atoms with Crippen molar-refractivity contribution in [3.05, 3.63) is 29.3 Å². The quantitative estimate of drug-likeness (QED) is 0.706. The highest BCUT2D eigenvalue weighted by Gasteiger charge is 2.06. The summed E-state index contributed by atoms with van der Waals surface area (Å²) in [6.45, 7) is 3.94. The van der Waals surface area contributed by atoms with Crippen LogP contribution in [0, 0.1) is 11.3 Å². The summed E-state index contributed by atoms with van der Waals surface area (Å²) in [6.07, 6.45) is 0.260. The Kier molecular flexibility index (Phi) is 3.87. The van der Waals surface area contributed by atoms with E-state index in [2.05, 4.69) is 6.07 Å². The lowest BCUT2D eigenvalue weighted by Gasteiger charge is -2.08. The molecule has 0 bridgehead atoms. The third-order valence-electron chi connectivity index (χ3n) is 2.04. The maximum Gasteiger partial charge on any atom is 0.159 e. The monoisotopic (exact) mass is 203 g/mol. The van der Waals surface area contributed by atoms with E-state index < -0.39 is 0 Å². The van der Waals surface area contributed by atoms with Crippen LogP contribution in [-0.2, 0) is 6.42 Å². The summed E-state index contributed by atoms with van der Waals surface area (Å²) in [5.41, 5.74) is 1.38. The van der Waals surface area contributed by atoms with E-state index in [1.165, 1.54) is 6.92 Å². The van der Waals surface area contributed by atoms with E-state index >= 15 is 0 Å². The van der Waals surface area contributed by atoms with Crippen LogP contribution in [0.1, 0.15) is 29.8 Å². The summed E-state index contributed by atoms with van der Waals surface area (Å²) >= 11 is 0. The molecule has 1 aromatic carbocycles. The topological polar surface area (TPSA) is 50.1 Å².